The molecule has 2 nitrogen and oxygen atoms in total. The molecule has 0 aliphatic carbocycles. The highest BCUT2D eigenvalue weighted by Crippen LogP contribution is 2.22. The lowest BCUT2D eigenvalue weighted by Gasteiger charge is -2.24. The fourth-order valence-corrected chi connectivity index (χ4v) is 3.44. The van der Waals surface area contributed by atoms with E-state index in [1.807, 2.05) is 0 Å². The van der Waals surface area contributed by atoms with Crippen molar-refractivity contribution in [3.05, 3.63) is 35.4 Å². The van der Waals surface area contributed by atoms with E-state index in [1.165, 1.54) is 62.9 Å². The van der Waals surface area contributed by atoms with Crippen LogP contribution in [0.15, 0.2) is 24.3 Å². The molecule has 118 valence electrons. The highest BCUT2D eigenvalue weighted by atomic mass is 15.1. The van der Waals surface area contributed by atoms with Gasteiger partial charge in [-0.2, -0.15) is 0 Å². The van der Waals surface area contributed by atoms with E-state index in [2.05, 4.69) is 55.4 Å². The Morgan fingerprint density at radius 1 is 1.19 bits per heavy atom. The van der Waals surface area contributed by atoms with Gasteiger partial charge in [0.2, 0.25) is 0 Å². The molecule has 1 fully saturated rings. The van der Waals surface area contributed by atoms with Crippen LogP contribution in [0.2, 0.25) is 0 Å². The predicted octanol–water partition coefficient (Wildman–Crippen LogP) is 4.16. The molecule has 1 saturated heterocycles. The van der Waals surface area contributed by atoms with Crippen molar-refractivity contribution in [1.29, 1.82) is 0 Å². The molecule has 2 unspecified atom stereocenters. The third-order valence-electron chi connectivity index (χ3n) is 5.08. The Hall–Kier alpha value is -0.860. The first kappa shape index (κ1) is 16.5. The van der Waals surface area contributed by atoms with E-state index < -0.39 is 0 Å². The van der Waals surface area contributed by atoms with Gasteiger partial charge in [0, 0.05) is 6.04 Å². The first-order chi connectivity index (χ1) is 10.2. The van der Waals surface area contributed by atoms with E-state index in [0.29, 0.717) is 6.04 Å². The summed E-state index contributed by atoms with van der Waals surface area (Å²) in [6.45, 7) is 8.30. The summed E-state index contributed by atoms with van der Waals surface area (Å²) in [5.41, 5.74) is 2.76. The van der Waals surface area contributed by atoms with Gasteiger partial charge < -0.3 is 10.2 Å². The SMILES string of the molecule is CCC1CCCN(CCC(NC)c2ccc(C)cc2)CC1. The number of aryl methyl sites for hydroxylation is 1. The van der Waals surface area contributed by atoms with E-state index in [1.54, 1.807) is 0 Å². The molecule has 2 atom stereocenters. The number of likely N-dealkylation sites (tertiary alicyclic amines) is 1. The Bertz CT molecular complexity index is 399. The van der Waals surface area contributed by atoms with Crippen molar-refractivity contribution in [3.8, 4) is 0 Å². The summed E-state index contributed by atoms with van der Waals surface area (Å²) < 4.78 is 0. The van der Waals surface area contributed by atoms with E-state index in [9.17, 15) is 0 Å². The number of rotatable bonds is 6. The van der Waals surface area contributed by atoms with Crippen molar-refractivity contribution in [2.45, 2.75) is 52.0 Å². The molecule has 2 rings (SSSR count). The Morgan fingerprint density at radius 3 is 2.62 bits per heavy atom. The fourth-order valence-electron chi connectivity index (χ4n) is 3.44. The van der Waals surface area contributed by atoms with Gasteiger partial charge in [0.05, 0.1) is 0 Å². The highest BCUT2D eigenvalue weighted by Gasteiger charge is 2.17. The van der Waals surface area contributed by atoms with Crippen LogP contribution >= 0.6 is 0 Å². The summed E-state index contributed by atoms with van der Waals surface area (Å²) in [4.78, 5) is 2.67. The lowest BCUT2D eigenvalue weighted by atomic mass is 9.98. The minimum atomic E-state index is 0.482. The largest absolute Gasteiger partial charge is 0.313 e. The zero-order chi connectivity index (χ0) is 15.1. The predicted molar refractivity (Wildman–Crippen MR) is 91.7 cm³/mol. The average Bonchev–Trinajstić information content (AvgIpc) is 2.74. The van der Waals surface area contributed by atoms with Gasteiger partial charge in [-0.25, -0.2) is 0 Å². The van der Waals surface area contributed by atoms with E-state index in [4.69, 9.17) is 0 Å². The molecule has 1 N–H and O–H groups in total. The molecule has 1 aromatic carbocycles. The normalized spacial score (nSPS) is 22.0. The second-order valence-electron chi connectivity index (χ2n) is 6.59. The second kappa shape index (κ2) is 8.55. The summed E-state index contributed by atoms with van der Waals surface area (Å²) in [7, 11) is 2.08. The van der Waals surface area contributed by atoms with Crippen molar-refractivity contribution >= 4 is 0 Å². The molecule has 1 aromatic rings. The molecular formula is C19H32N2. The maximum atomic E-state index is 3.49. The first-order valence-corrected chi connectivity index (χ1v) is 8.69. The van der Waals surface area contributed by atoms with Crippen LogP contribution in [-0.2, 0) is 0 Å². The highest BCUT2D eigenvalue weighted by molar-refractivity contribution is 5.24. The van der Waals surface area contributed by atoms with Gasteiger partial charge in [-0.3, -0.25) is 0 Å². The fraction of sp³-hybridized carbons (Fsp3) is 0.684. The van der Waals surface area contributed by atoms with Crippen LogP contribution in [0.3, 0.4) is 0 Å². The summed E-state index contributed by atoms with van der Waals surface area (Å²) in [5.74, 6) is 0.965. The summed E-state index contributed by atoms with van der Waals surface area (Å²) >= 11 is 0. The van der Waals surface area contributed by atoms with Crippen molar-refractivity contribution < 1.29 is 0 Å². The monoisotopic (exact) mass is 288 g/mol. The standard InChI is InChI=1S/C19H32N2/c1-4-17-6-5-13-21(14-11-17)15-12-19(20-3)18-9-7-16(2)8-10-18/h7-10,17,19-20H,4-6,11-15H2,1-3H3. The van der Waals surface area contributed by atoms with Gasteiger partial charge in [-0.05, 0) is 70.8 Å². The average molecular weight is 288 g/mol. The summed E-state index contributed by atoms with van der Waals surface area (Å²) in [6, 6.07) is 9.46. The van der Waals surface area contributed by atoms with Crippen LogP contribution in [0, 0.1) is 12.8 Å². The minimum Gasteiger partial charge on any atom is -0.313 e. The molecule has 0 amide bonds. The number of benzene rings is 1. The van der Waals surface area contributed by atoms with E-state index in [-0.39, 0.29) is 0 Å². The molecule has 0 saturated carbocycles. The molecular weight excluding hydrogens is 256 g/mol. The molecule has 1 aliphatic heterocycles. The number of nitrogens with zero attached hydrogens (tertiary/aromatic N) is 1. The smallest absolute Gasteiger partial charge is 0.0329 e. The van der Waals surface area contributed by atoms with Gasteiger partial charge in [0.25, 0.3) is 0 Å². The third kappa shape index (κ3) is 5.12. The Morgan fingerprint density at radius 2 is 1.95 bits per heavy atom. The van der Waals surface area contributed by atoms with Gasteiger partial charge in [0.1, 0.15) is 0 Å². The van der Waals surface area contributed by atoms with Crippen molar-refractivity contribution in [1.82, 2.24) is 10.2 Å². The van der Waals surface area contributed by atoms with Crippen LogP contribution in [0.5, 0.6) is 0 Å². The third-order valence-corrected chi connectivity index (χ3v) is 5.08. The molecule has 1 aliphatic rings. The molecule has 0 radical (unpaired) electrons. The number of hydrogen-bond donors (Lipinski definition) is 1. The summed E-state index contributed by atoms with van der Waals surface area (Å²) in [6.07, 6.45) is 6.77. The van der Waals surface area contributed by atoms with Gasteiger partial charge in [-0.15, -0.1) is 0 Å². The van der Waals surface area contributed by atoms with Gasteiger partial charge in [-0.1, -0.05) is 43.2 Å². The van der Waals surface area contributed by atoms with Crippen LogP contribution < -0.4 is 5.32 Å². The lowest BCUT2D eigenvalue weighted by Crippen LogP contribution is -2.29. The zero-order valence-electron chi connectivity index (χ0n) is 14.1. The summed E-state index contributed by atoms with van der Waals surface area (Å²) in [5, 5.41) is 3.49. The molecule has 21 heavy (non-hydrogen) atoms. The second-order valence-corrected chi connectivity index (χ2v) is 6.59. The van der Waals surface area contributed by atoms with E-state index >= 15 is 0 Å². The number of nitrogens with one attached hydrogen (secondary N) is 1. The van der Waals surface area contributed by atoms with E-state index in [0.717, 1.165) is 5.92 Å². The van der Waals surface area contributed by atoms with Crippen LogP contribution in [-0.4, -0.2) is 31.6 Å². The van der Waals surface area contributed by atoms with Crippen molar-refractivity contribution in [2.75, 3.05) is 26.7 Å². The van der Waals surface area contributed by atoms with Gasteiger partial charge in [0.15, 0.2) is 0 Å². The van der Waals surface area contributed by atoms with Gasteiger partial charge >= 0.3 is 0 Å². The van der Waals surface area contributed by atoms with Crippen molar-refractivity contribution in [3.63, 3.8) is 0 Å². The molecule has 0 aromatic heterocycles. The molecule has 0 bridgehead atoms. The minimum absolute atomic E-state index is 0.482. The van der Waals surface area contributed by atoms with Crippen LogP contribution in [0.1, 0.15) is 56.2 Å². The van der Waals surface area contributed by atoms with Crippen molar-refractivity contribution in [2.24, 2.45) is 5.92 Å². The maximum Gasteiger partial charge on any atom is 0.0329 e. The topological polar surface area (TPSA) is 15.3 Å². The first-order valence-electron chi connectivity index (χ1n) is 8.69. The Labute approximate surface area is 130 Å². The Kier molecular flexibility index (Phi) is 6.72. The maximum absolute atomic E-state index is 3.49. The van der Waals surface area contributed by atoms with Crippen LogP contribution in [0.4, 0.5) is 0 Å². The lowest BCUT2D eigenvalue weighted by molar-refractivity contribution is 0.264. The number of hydrogen-bond acceptors (Lipinski definition) is 2. The zero-order valence-corrected chi connectivity index (χ0v) is 14.1. The quantitative estimate of drug-likeness (QED) is 0.845. The molecule has 1 heterocycles. The Balaban J connectivity index is 1.84. The van der Waals surface area contributed by atoms with Crippen LogP contribution in [0.25, 0.3) is 0 Å². The molecule has 0 spiro atoms. The molecule has 2 heteroatoms.